The largest absolute Gasteiger partial charge is 0.355 e. The van der Waals surface area contributed by atoms with E-state index in [-0.39, 0.29) is 34.3 Å². The Hall–Kier alpha value is -3.88. The molecule has 0 bridgehead atoms. The van der Waals surface area contributed by atoms with Crippen LogP contribution in [0.1, 0.15) is 43.4 Å². The molecule has 1 aromatic heterocycles. The van der Waals surface area contributed by atoms with Crippen molar-refractivity contribution >= 4 is 39.4 Å². The number of hydrogen-bond acceptors (Lipinski definition) is 6. The Morgan fingerprint density at radius 2 is 1.74 bits per heavy atom. The van der Waals surface area contributed by atoms with E-state index in [0.29, 0.717) is 23.2 Å². The van der Waals surface area contributed by atoms with Crippen molar-refractivity contribution in [3.05, 3.63) is 70.9 Å². The number of para-hydroxylation sites is 1. The number of benzene rings is 2. The Morgan fingerprint density at radius 1 is 1.05 bits per heavy atom. The SMILES string of the molecule is N#Cc1c(CC(=O)NCC2CCCCC2)nn(-c2ccccc2)c1NC(=O)NS(=O)(=O)c1ccc(Cl)cc1. The monoisotopic (exact) mass is 554 g/mol. The quantitative estimate of drug-likeness (QED) is 0.381. The molecule has 0 radical (unpaired) electrons. The summed E-state index contributed by atoms with van der Waals surface area (Å²) in [6.45, 7) is 0.566. The van der Waals surface area contributed by atoms with Crippen molar-refractivity contribution in [2.24, 2.45) is 5.92 Å². The van der Waals surface area contributed by atoms with Crippen molar-refractivity contribution in [3.8, 4) is 11.8 Å². The zero-order valence-electron chi connectivity index (χ0n) is 20.5. The first-order valence-corrected chi connectivity index (χ1v) is 14.1. The van der Waals surface area contributed by atoms with Crippen LogP contribution < -0.4 is 15.4 Å². The molecule has 2 aromatic carbocycles. The van der Waals surface area contributed by atoms with Crippen LogP contribution in [0.3, 0.4) is 0 Å². The second-order valence-electron chi connectivity index (χ2n) is 9.03. The van der Waals surface area contributed by atoms with E-state index in [1.165, 1.54) is 35.4 Å². The van der Waals surface area contributed by atoms with Gasteiger partial charge in [-0.1, -0.05) is 49.1 Å². The molecule has 0 spiro atoms. The Balaban J connectivity index is 1.56. The number of sulfonamides is 1. The molecule has 4 rings (SSSR count). The minimum atomic E-state index is -4.22. The third-order valence-electron chi connectivity index (χ3n) is 6.29. The van der Waals surface area contributed by atoms with E-state index < -0.39 is 16.1 Å². The second-order valence-corrected chi connectivity index (χ2v) is 11.1. The first-order valence-electron chi connectivity index (χ1n) is 12.2. The fourth-order valence-electron chi connectivity index (χ4n) is 4.37. The van der Waals surface area contributed by atoms with Gasteiger partial charge in [-0.05, 0) is 55.2 Å². The number of hydrogen-bond donors (Lipinski definition) is 3. The minimum Gasteiger partial charge on any atom is -0.355 e. The maximum Gasteiger partial charge on any atom is 0.334 e. The molecule has 0 saturated heterocycles. The van der Waals surface area contributed by atoms with E-state index in [2.05, 4.69) is 15.7 Å². The number of nitriles is 1. The summed E-state index contributed by atoms with van der Waals surface area (Å²) in [6.07, 6.45) is 5.52. The first kappa shape index (κ1) is 27.2. The molecule has 12 heteroatoms. The maximum absolute atomic E-state index is 12.8. The Morgan fingerprint density at radius 3 is 2.39 bits per heavy atom. The van der Waals surface area contributed by atoms with Crippen molar-refractivity contribution < 1.29 is 18.0 Å². The fraction of sp³-hybridized carbons (Fsp3) is 0.308. The lowest BCUT2D eigenvalue weighted by atomic mass is 9.89. The number of amides is 3. The molecule has 10 nitrogen and oxygen atoms in total. The van der Waals surface area contributed by atoms with Gasteiger partial charge in [-0.2, -0.15) is 10.4 Å². The summed E-state index contributed by atoms with van der Waals surface area (Å²) in [6, 6.07) is 14.9. The van der Waals surface area contributed by atoms with Crippen LogP contribution in [0.4, 0.5) is 10.6 Å². The number of carbonyl (C=O) groups excluding carboxylic acids is 2. The van der Waals surface area contributed by atoms with Crippen LogP contribution in [0.25, 0.3) is 5.69 Å². The number of halogens is 1. The lowest BCUT2D eigenvalue weighted by Crippen LogP contribution is -2.35. The smallest absolute Gasteiger partial charge is 0.334 e. The van der Waals surface area contributed by atoms with E-state index >= 15 is 0 Å². The van der Waals surface area contributed by atoms with Crippen molar-refractivity contribution in [3.63, 3.8) is 0 Å². The Bertz CT molecular complexity index is 1440. The fourth-order valence-corrected chi connectivity index (χ4v) is 5.40. The van der Waals surface area contributed by atoms with Gasteiger partial charge < -0.3 is 5.32 Å². The number of nitrogens with one attached hydrogen (secondary N) is 3. The normalized spacial score (nSPS) is 13.9. The summed E-state index contributed by atoms with van der Waals surface area (Å²) in [7, 11) is -4.22. The number of rotatable bonds is 8. The highest BCUT2D eigenvalue weighted by atomic mass is 35.5. The number of anilines is 1. The van der Waals surface area contributed by atoms with Gasteiger partial charge >= 0.3 is 6.03 Å². The third kappa shape index (κ3) is 6.70. The van der Waals surface area contributed by atoms with Crippen LogP contribution in [0.5, 0.6) is 0 Å². The summed E-state index contributed by atoms with van der Waals surface area (Å²) >= 11 is 5.82. The zero-order valence-corrected chi connectivity index (χ0v) is 22.1. The molecule has 1 saturated carbocycles. The predicted octanol–water partition coefficient (Wildman–Crippen LogP) is 4.15. The van der Waals surface area contributed by atoms with Gasteiger partial charge in [-0.15, -0.1) is 0 Å². The average Bonchev–Trinajstić information content (AvgIpc) is 3.24. The summed E-state index contributed by atoms with van der Waals surface area (Å²) in [4.78, 5) is 25.3. The van der Waals surface area contributed by atoms with Crippen LogP contribution in [0.2, 0.25) is 5.02 Å². The van der Waals surface area contributed by atoms with E-state index in [1.54, 1.807) is 30.3 Å². The van der Waals surface area contributed by atoms with Gasteiger partial charge in [0, 0.05) is 11.6 Å². The van der Waals surface area contributed by atoms with E-state index in [9.17, 15) is 23.3 Å². The van der Waals surface area contributed by atoms with Gasteiger partial charge in [0.1, 0.15) is 11.6 Å². The minimum absolute atomic E-state index is 0.0410. The molecule has 1 aliphatic carbocycles. The molecule has 3 aromatic rings. The standard InChI is InChI=1S/C26H27ClN6O4S/c27-19-11-13-21(14-12-19)38(36,37)32-26(35)30-25-22(16-28)23(31-33(25)20-9-5-2-6-10-20)15-24(34)29-17-18-7-3-1-4-8-18/h2,5-6,9-14,18H,1,3-4,7-8,15,17H2,(H,29,34)(H2,30,32,35). The topological polar surface area (TPSA) is 146 Å². The highest BCUT2D eigenvalue weighted by Gasteiger charge is 2.25. The summed E-state index contributed by atoms with van der Waals surface area (Å²) < 4.78 is 28.5. The Labute approximate surface area is 226 Å². The van der Waals surface area contributed by atoms with Crippen LogP contribution in [0.15, 0.2) is 59.5 Å². The van der Waals surface area contributed by atoms with Crippen LogP contribution >= 0.6 is 11.6 Å². The Kier molecular flexibility index (Phi) is 8.66. The van der Waals surface area contributed by atoms with Gasteiger partial charge in [0.05, 0.1) is 22.7 Å². The highest BCUT2D eigenvalue weighted by molar-refractivity contribution is 7.90. The predicted molar refractivity (Wildman–Crippen MR) is 142 cm³/mol. The van der Waals surface area contributed by atoms with Gasteiger partial charge in [0.2, 0.25) is 5.91 Å². The maximum atomic E-state index is 12.8. The molecule has 0 atom stereocenters. The van der Waals surface area contributed by atoms with Gasteiger partial charge in [-0.3, -0.25) is 10.1 Å². The molecular weight excluding hydrogens is 528 g/mol. The van der Waals surface area contributed by atoms with Crippen LogP contribution in [-0.2, 0) is 21.2 Å². The summed E-state index contributed by atoms with van der Waals surface area (Å²) in [5.74, 6) is 0.0946. The van der Waals surface area contributed by atoms with Crippen LogP contribution in [0, 0.1) is 17.2 Å². The van der Waals surface area contributed by atoms with Gasteiger partial charge in [0.25, 0.3) is 10.0 Å². The van der Waals surface area contributed by atoms with Crippen molar-refractivity contribution in [1.29, 1.82) is 5.26 Å². The molecule has 38 heavy (non-hydrogen) atoms. The molecule has 3 N–H and O–H groups in total. The van der Waals surface area contributed by atoms with E-state index in [0.717, 1.165) is 25.7 Å². The lowest BCUT2D eigenvalue weighted by Gasteiger charge is -2.21. The molecule has 0 unspecified atom stereocenters. The first-order chi connectivity index (χ1) is 18.3. The van der Waals surface area contributed by atoms with Gasteiger partial charge in [0.15, 0.2) is 5.82 Å². The number of urea groups is 1. The van der Waals surface area contributed by atoms with Crippen molar-refractivity contribution in [2.75, 3.05) is 11.9 Å². The molecule has 1 fully saturated rings. The highest BCUT2D eigenvalue weighted by Crippen LogP contribution is 2.25. The molecular formula is C26H27ClN6O4S. The van der Waals surface area contributed by atoms with Crippen molar-refractivity contribution in [2.45, 2.75) is 43.4 Å². The number of aromatic nitrogens is 2. The third-order valence-corrected chi connectivity index (χ3v) is 7.89. The molecule has 3 amide bonds. The summed E-state index contributed by atoms with van der Waals surface area (Å²) in [5.41, 5.74) is 0.628. The average molecular weight is 555 g/mol. The van der Waals surface area contributed by atoms with Gasteiger partial charge in [-0.25, -0.2) is 22.6 Å². The molecule has 198 valence electrons. The van der Waals surface area contributed by atoms with Crippen molar-refractivity contribution in [1.82, 2.24) is 19.8 Å². The lowest BCUT2D eigenvalue weighted by molar-refractivity contribution is -0.120. The molecule has 1 aliphatic rings. The number of nitrogens with zero attached hydrogens (tertiary/aromatic N) is 3. The second kappa shape index (κ2) is 12.1. The van der Waals surface area contributed by atoms with E-state index in [4.69, 9.17) is 11.6 Å². The molecule has 1 heterocycles. The number of carbonyl (C=O) groups is 2. The summed E-state index contributed by atoms with van der Waals surface area (Å²) in [5, 5.41) is 20.1. The van der Waals surface area contributed by atoms with Crippen LogP contribution in [-0.4, -0.2) is 36.7 Å². The zero-order chi connectivity index (χ0) is 27.1. The van der Waals surface area contributed by atoms with E-state index in [1.807, 2.05) is 10.8 Å². The molecule has 0 aliphatic heterocycles.